The van der Waals surface area contributed by atoms with Crippen LogP contribution in [0.4, 0.5) is 5.13 Å². The molecular formula is C18H20N2O3S. The third-order valence-electron chi connectivity index (χ3n) is 3.85. The summed E-state index contributed by atoms with van der Waals surface area (Å²) in [5.74, 6) is -0.442. The van der Waals surface area contributed by atoms with Crippen molar-refractivity contribution in [3.05, 3.63) is 46.0 Å². The number of hydrogen-bond acceptors (Lipinski definition) is 5. The number of esters is 1. The van der Waals surface area contributed by atoms with E-state index in [4.69, 9.17) is 4.74 Å². The predicted molar refractivity (Wildman–Crippen MR) is 93.8 cm³/mol. The van der Waals surface area contributed by atoms with E-state index in [2.05, 4.69) is 4.98 Å². The molecule has 0 radical (unpaired) electrons. The molecule has 1 aromatic heterocycles. The zero-order valence-corrected chi connectivity index (χ0v) is 14.9. The van der Waals surface area contributed by atoms with E-state index in [1.165, 1.54) is 11.3 Å². The smallest absolute Gasteiger partial charge is 0.350 e. The third kappa shape index (κ3) is 3.33. The van der Waals surface area contributed by atoms with Gasteiger partial charge in [-0.3, -0.25) is 9.69 Å². The summed E-state index contributed by atoms with van der Waals surface area (Å²) in [6.07, 6.45) is 1.93. The van der Waals surface area contributed by atoms with Crippen LogP contribution in [-0.2, 0) is 4.74 Å². The molecule has 126 valence electrons. The summed E-state index contributed by atoms with van der Waals surface area (Å²) in [5, 5.41) is 0.574. The number of amides is 1. The number of aromatic nitrogens is 1. The molecule has 0 unspecified atom stereocenters. The number of nitrogens with zero attached hydrogens (tertiary/aromatic N) is 2. The lowest BCUT2D eigenvalue weighted by molar-refractivity contribution is 0.0531. The van der Waals surface area contributed by atoms with Gasteiger partial charge in [-0.2, -0.15) is 0 Å². The topological polar surface area (TPSA) is 59.5 Å². The van der Waals surface area contributed by atoms with Gasteiger partial charge in [0.1, 0.15) is 4.88 Å². The van der Waals surface area contributed by atoms with Gasteiger partial charge >= 0.3 is 5.97 Å². The Hall–Kier alpha value is -2.21. The minimum absolute atomic E-state index is 0.0645. The number of hydrogen-bond donors (Lipinski definition) is 0. The second-order valence-electron chi connectivity index (χ2n) is 5.91. The van der Waals surface area contributed by atoms with E-state index in [-0.39, 0.29) is 17.9 Å². The zero-order chi connectivity index (χ0) is 17.3. The van der Waals surface area contributed by atoms with Gasteiger partial charge in [-0.15, -0.1) is 0 Å². The van der Waals surface area contributed by atoms with Crippen LogP contribution in [0.3, 0.4) is 0 Å². The Kier molecular flexibility index (Phi) is 4.66. The minimum Gasteiger partial charge on any atom is -0.462 e. The Bertz CT molecular complexity index is 780. The molecule has 1 fully saturated rings. The van der Waals surface area contributed by atoms with Gasteiger partial charge in [-0.1, -0.05) is 29.0 Å². The lowest BCUT2D eigenvalue weighted by atomic mass is 10.1. The summed E-state index contributed by atoms with van der Waals surface area (Å²) >= 11 is 1.23. The second kappa shape index (κ2) is 6.73. The molecule has 0 N–H and O–H groups in total. The molecule has 0 atom stereocenters. The molecule has 1 aliphatic rings. The summed E-state index contributed by atoms with van der Waals surface area (Å²) in [6.45, 7) is 5.83. The molecular weight excluding hydrogens is 324 g/mol. The van der Waals surface area contributed by atoms with Crippen molar-refractivity contribution in [1.82, 2.24) is 4.98 Å². The van der Waals surface area contributed by atoms with Gasteiger partial charge in [0.25, 0.3) is 5.91 Å². The number of anilines is 1. The lowest BCUT2D eigenvalue weighted by Crippen LogP contribution is -2.33. The number of ether oxygens (including phenoxy) is 1. The quantitative estimate of drug-likeness (QED) is 0.775. The van der Waals surface area contributed by atoms with Gasteiger partial charge in [-0.05, 0) is 45.7 Å². The van der Waals surface area contributed by atoms with Crippen LogP contribution in [0.5, 0.6) is 0 Å². The van der Waals surface area contributed by atoms with E-state index in [1.807, 2.05) is 31.2 Å². The molecule has 0 aliphatic heterocycles. The van der Waals surface area contributed by atoms with Crippen molar-refractivity contribution < 1.29 is 14.3 Å². The molecule has 6 heteroatoms. The molecule has 24 heavy (non-hydrogen) atoms. The van der Waals surface area contributed by atoms with Crippen LogP contribution in [0.25, 0.3) is 0 Å². The number of rotatable bonds is 5. The van der Waals surface area contributed by atoms with Crippen molar-refractivity contribution in [3.63, 3.8) is 0 Å². The first-order chi connectivity index (χ1) is 11.5. The first-order valence-corrected chi connectivity index (χ1v) is 8.87. The number of carbonyl (C=O) groups is 2. The van der Waals surface area contributed by atoms with Gasteiger partial charge in [0, 0.05) is 11.6 Å². The van der Waals surface area contributed by atoms with Crippen LogP contribution in [0.15, 0.2) is 24.3 Å². The average Bonchev–Trinajstić information content (AvgIpc) is 3.30. The molecule has 0 bridgehead atoms. The highest BCUT2D eigenvalue weighted by Gasteiger charge is 2.37. The van der Waals surface area contributed by atoms with Crippen LogP contribution < -0.4 is 4.90 Å². The van der Waals surface area contributed by atoms with Crippen LogP contribution in [-0.4, -0.2) is 29.5 Å². The Morgan fingerprint density at radius 1 is 1.33 bits per heavy atom. The van der Waals surface area contributed by atoms with E-state index in [1.54, 1.807) is 18.7 Å². The molecule has 0 saturated heterocycles. The first-order valence-electron chi connectivity index (χ1n) is 8.06. The van der Waals surface area contributed by atoms with E-state index in [9.17, 15) is 9.59 Å². The monoisotopic (exact) mass is 344 g/mol. The summed E-state index contributed by atoms with van der Waals surface area (Å²) in [4.78, 5) is 31.7. The largest absolute Gasteiger partial charge is 0.462 e. The van der Waals surface area contributed by atoms with Gasteiger partial charge in [-0.25, -0.2) is 9.78 Å². The summed E-state index contributed by atoms with van der Waals surface area (Å²) < 4.78 is 5.07. The maximum atomic E-state index is 13.0. The molecule has 1 aromatic carbocycles. The maximum absolute atomic E-state index is 13.0. The number of aryl methyl sites for hydroxylation is 2. The van der Waals surface area contributed by atoms with Crippen LogP contribution in [0.1, 0.15) is 51.1 Å². The molecule has 3 rings (SSSR count). The van der Waals surface area contributed by atoms with Crippen LogP contribution in [0, 0.1) is 13.8 Å². The molecule has 1 amide bonds. The normalized spacial score (nSPS) is 13.6. The standard InChI is InChI=1S/C18H20N2O3S/c1-4-23-17(22)15-12(3)19-18(24-15)20(14-8-9-14)16(21)13-7-5-6-11(2)10-13/h5-7,10,14H,4,8-9H2,1-3H3. The average molecular weight is 344 g/mol. The second-order valence-corrected chi connectivity index (χ2v) is 6.88. The van der Waals surface area contributed by atoms with Gasteiger partial charge in [0.05, 0.1) is 12.3 Å². The highest BCUT2D eigenvalue weighted by Crippen LogP contribution is 2.36. The summed E-state index contributed by atoms with van der Waals surface area (Å²) in [6, 6.07) is 7.70. The van der Waals surface area contributed by atoms with Crippen molar-refractivity contribution in [2.75, 3.05) is 11.5 Å². The van der Waals surface area contributed by atoms with E-state index in [0.29, 0.717) is 27.9 Å². The minimum atomic E-state index is -0.377. The van der Waals surface area contributed by atoms with Crippen LogP contribution >= 0.6 is 11.3 Å². The number of carbonyl (C=O) groups excluding carboxylic acids is 2. The maximum Gasteiger partial charge on any atom is 0.350 e. The highest BCUT2D eigenvalue weighted by atomic mass is 32.1. The van der Waals surface area contributed by atoms with Gasteiger partial charge in [0.2, 0.25) is 0 Å². The van der Waals surface area contributed by atoms with E-state index in [0.717, 1.165) is 18.4 Å². The summed E-state index contributed by atoms with van der Waals surface area (Å²) in [7, 11) is 0. The van der Waals surface area contributed by atoms with Gasteiger partial charge < -0.3 is 4.74 Å². The van der Waals surface area contributed by atoms with Gasteiger partial charge in [0.15, 0.2) is 5.13 Å². The lowest BCUT2D eigenvalue weighted by Gasteiger charge is -2.19. The third-order valence-corrected chi connectivity index (χ3v) is 4.98. The van der Waals surface area contributed by atoms with Crippen molar-refractivity contribution in [3.8, 4) is 0 Å². The molecule has 2 aromatic rings. The molecule has 1 saturated carbocycles. The highest BCUT2D eigenvalue weighted by molar-refractivity contribution is 7.17. The molecule has 5 nitrogen and oxygen atoms in total. The molecule has 1 aliphatic carbocycles. The van der Waals surface area contributed by atoms with Crippen molar-refractivity contribution >= 4 is 28.3 Å². The Morgan fingerprint density at radius 2 is 2.08 bits per heavy atom. The van der Waals surface area contributed by atoms with Crippen molar-refractivity contribution in [1.29, 1.82) is 0 Å². The summed E-state index contributed by atoms with van der Waals surface area (Å²) in [5.41, 5.74) is 2.29. The fourth-order valence-electron chi connectivity index (χ4n) is 2.53. The Balaban J connectivity index is 1.93. The Morgan fingerprint density at radius 3 is 2.71 bits per heavy atom. The predicted octanol–water partition coefficient (Wildman–Crippen LogP) is 3.75. The van der Waals surface area contributed by atoms with E-state index < -0.39 is 0 Å². The molecule has 0 spiro atoms. The number of benzene rings is 1. The van der Waals surface area contributed by atoms with Crippen molar-refractivity contribution in [2.24, 2.45) is 0 Å². The van der Waals surface area contributed by atoms with Crippen molar-refractivity contribution in [2.45, 2.75) is 39.7 Å². The zero-order valence-electron chi connectivity index (χ0n) is 14.0. The fraction of sp³-hybridized carbons (Fsp3) is 0.389. The van der Waals surface area contributed by atoms with E-state index >= 15 is 0 Å². The van der Waals surface area contributed by atoms with Crippen LogP contribution in [0.2, 0.25) is 0 Å². The molecule has 1 heterocycles. The Labute approximate surface area is 145 Å². The fourth-order valence-corrected chi connectivity index (χ4v) is 3.56. The SMILES string of the molecule is CCOC(=O)c1sc(N(C(=O)c2cccc(C)c2)C2CC2)nc1C. The first kappa shape index (κ1) is 16.6. The number of thiazole rings is 1.